The Labute approximate surface area is 141 Å². The summed E-state index contributed by atoms with van der Waals surface area (Å²) in [5.41, 5.74) is 1.63. The number of anilines is 1. The van der Waals surface area contributed by atoms with Crippen LogP contribution < -0.4 is 15.4 Å². The van der Waals surface area contributed by atoms with Gasteiger partial charge in [0.2, 0.25) is 5.91 Å². The number of carbonyl (C=O) groups is 1. The number of hydrogen-bond acceptors (Lipinski definition) is 3. The second-order valence-corrected chi connectivity index (χ2v) is 5.17. The molecular weight excluding hydrogens is 308 g/mol. The lowest BCUT2D eigenvalue weighted by Crippen LogP contribution is -2.35. The summed E-state index contributed by atoms with van der Waals surface area (Å²) in [4.78, 5) is 12.0. The van der Waals surface area contributed by atoms with Gasteiger partial charge < -0.3 is 15.4 Å². The van der Waals surface area contributed by atoms with E-state index in [1.165, 1.54) is 0 Å². The van der Waals surface area contributed by atoms with Crippen molar-refractivity contribution in [3.8, 4) is 5.75 Å². The molecule has 2 aromatic carbocycles. The molecule has 2 aromatic rings. The van der Waals surface area contributed by atoms with Gasteiger partial charge in [0.25, 0.3) is 0 Å². The lowest BCUT2D eigenvalue weighted by atomic mass is 10.1. The van der Waals surface area contributed by atoms with E-state index in [2.05, 4.69) is 17.2 Å². The van der Waals surface area contributed by atoms with Crippen molar-refractivity contribution in [1.82, 2.24) is 5.32 Å². The van der Waals surface area contributed by atoms with E-state index in [4.69, 9.17) is 17.0 Å². The Morgan fingerprint density at radius 2 is 1.83 bits per heavy atom. The Hall–Kier alpha value is -2.66. The molecule has 0 fully saturated rings. The highest BCUT2D eigenvalue weighted by atomic mass is 32.1. The van der Waals surface area contributed by atoms with Crippen LogP contribution in [-0.4, -0.2) is 17.6 Å². The third-order valence-corrected chi connectivity index (χ3v) is 3.16. The molecule has 0 aliphatic carbocycles. The summed E-state index contributed by atoms with van der Waals surface area (Å²) in [5.74, 6) is 0.477. The minimum atomic E-state index is -0.168. The molecule has 2 rings (SSSR count). The molecule has 23 heavy (non-hydrogen) atoms. The van der Waals surface area contributed by atoms with Crippen molar-refractivity contribution in [3.63, 3.8) is 0 Å². The topological polar surface area (TPSA) is 50.4 Å². The third-order valence-electron chi connectivity index (χ3n) is 2.95. The fourth-order valence-corrected chi connectivity index (χ4v) is 2.17. The predicted octanol–water partition coefficient (Wildman–Crippen LogP) is 3.31. The zero-order valence-corrected chi connectivity index (χ0v) is 13.4. The molecular formula is C18H18N2O2S. The molecule has 0 radical (unpaired) electrons. The van der Waals surface area contributed by atoms with Crippen LogP contribution in [0.4, 0.5) is 5.69 Å². The zero-order chi connectivity index (χ0) is 16.5. The van der Waals surface area contributed by atoms with E-state index in [9.17, 15) is 4.79 Å². The van der Waals surface area contributed by atoms with E-state index < -0.39 is 0 Å². The molecule has 1 amide bonds. The van der Waals surface area contributed by atoms with Crippen LogP contribution in [0.25, 0.3) is 0 Å². The number of para-hydroxylation sites is 2. The molecule has 0 saturated carbocycles. The molecule has 0 aliphatic rings. The summed E-state index contributed by atoms with van der Waals surface area (Å²) in [6.45, 7) is 4.01. The van der Waals surface area contributed by atoms with E-state index >= 15 is 0 Å². The van der Waals surface area contributed by atoms with Crippen molar-refractivity contribution in [3.05, 3.63) is 72.8 Å². The number of carbonyl (C=O) groups excluding carboxylic acids is 1. The summed E-state index contributed by atoms with van der Waals surface area (Å²) in [6.07, 6.45) is 1.94. The highest BCUT2D eigenvalue weighted by Gasteiger charge is 2.08. The van der Waals surface area contributed by atoms with Crippen molar-refractivity contribution in [2.75, 3.05) is 11.9 Å². The quantitative estimate of drug-likeness (QED) is 0.632. The lowest BCUT2D eigenvalue weighted by Gasteiger charge is -2.13. The molecule has 0 spiro atoms. The SMILES string of the molecule is C=CCOc1ccccc1NC(=S)NC(=O)Cc1ccccc1. The lowest BCUT2D eigenvalue weighted by molar-refractivity contribution is -0.119. The van der Waals surface area contributed by atoms with Gasteiger partial charge in [-0.15, -0.1) is 0 Å². The summed E-state index contributed by atoms with van der Waals surface area (Å²) >= 11 is 5.18. The fourth-order valence-electron chi connectivity index (χ4n) is 1.95. The monoisotopic (exact) mass is 326 g/mol. The number of rotatable bonds is 6. The molecule has 4 nitrogen and oxygen atoms in total. The van der Waals surface area contributed by atoms with Gasteiger partial charge in [0, 0.05) is 0 Å². The maximum atomic E-state index is 12.0. The molecule has 118 valence electrons. The van der Waals surface area contributed by atoms with Gasteiger partial charge in [-0.1, -0.05) is 55.1 Å². The predicted molar refractivity (Wildman–Crippen MR) is 96.6 cm³/mol. The second kappa shape index (κ2) is 8.70. The maximum Gasteiger partial charge on any atom is 0.230 e. The molecule has 2 N–H and O–H groups in total. The zero-order valence-electron chi connectivity index (χ0n) is 12.6. The molecule has 0 saturated heterocycles. The Morgan fingerprint density at radius 3 is 2.57 bits per heavy atom. The number of ether oxygens (including phenoxy) is 1. The van der Waals surface area contributed by atoms with Crippen LogP contribution in [0.1, 0.15) is 5.56 Å². The Kier molecular flexibility index (Phi) is 6.32. The molecule has 5 heteroatoms. The highest BCUT2D eigenvalue weighted by Crippen LogP contribution is 2.23. The normalized spacial score (nSPS) is 9.74. The van der Waals surface area contributed by atoms with Crippen LogP contribution in [0.3, 0.4) is 0 Å². The Morgan fingerprint density at radius 1 is 1.13 bits per heavy atom. The Bertz CT molecular complexity index is 686. The van der Waals surface area contributed by atoms with Crippen LogP contribution in [-0.2, 0) is 11.2 Å². The number of hydrogen-bond donors (Lipinski definition) is 2. The second-order valence-electron chi connectivity index (χ2n) is 4.76. The minimum Gasteiger partial charge on any atom is -0.487 e. The molecule has 0 bridgehead atoms. The standard InChI is InChI=1S/C18H18N2O2S/c1-2-12-22-16-11-7-6-10-15(16)19-18(23)20-17(21)13-14-8-4-3-5-9-14/h2-11H,1,12-13H2,(H2,19,20,21,23). The Balaban J connectivity index is 1.92. The summed E-state index contributed by atoms with van der Waals surface area (Å²) in [7, 11) is 0. The molecule has 0 atom stereocenters. The molecule has 0 heterocycles. The average Bonchev–Trinajstić information content (AvgIpc) is 2.54. The van der Waals surface area contributed by atoms with Crippen molar-refractivity contribution in [1.29, 1.82) is 0 Å². The van der Waals surface area contributed by atoms with E-state index in [1.807, 2.05) is 54.6 Å². The van der Waals surface area contributed by atoms with Crippen molar-refractivity contribution < 1.29 is 9.53 Å². The van der Waals surface area contributed by atoms with Gasteiger partial charge in [0.15, 0.2) is 5.11 Å². The van der Waals surface area contributed by atoms with Crippen LogP contribution in [0, 0.1) is 0 Å². The average molecular weight is 326 g/mol. The first kappa shape index (κ1) is 16.7. The summed E-state index contributed by atoms with van der Waals surface area (Å²) < 4.78 is 5.53. The van der Waals surface area contributed by atoms with Gasteiger partial charge in [0.05, 0.1) is 12.1 Å². The summed E-state index contributed by atoms with van der Waals surface area (Å²) in [5, 5.41) is 5.88. The van der Waals surface area contributed by atoms with Crippen molar-refractivity contribution in [2.45, 2.75) is 6.42 Å². The van der Waals surface area contributed by atoms with E-state index in [0.29, 0.717) is 18.0 Å². The first-order valence-electron chi connectivity index (χ1n) is 7.16. The first-order valence-corrected chi connectivity index (χ1v) is 7.57. The number of amides is 1. The van der Waals surface area contributed by atoms with E-state index in [0.717, 1.165) is 5.56 Å². The van der Waals surface area contributed by atoms with Gasteiger partial charge in [-0.3, -0.25) is 4.79 Å². The van der Waals surface area contributed by atoms with Crippen LogP contribution >= 0.6 is 12.2 Å². The van der Waals surface area contributed by atoms with Crippen LogP contribution in [0.2, 0.25) is 0 Å². The third kappa shape index (κ3) is 5.56. The van der Waals surface area contributed by atoms with Gasteiger partial charge in [-0.05, 0) is 29.9 Å². The number of benzene rings is 2. The van der Waals surface area contributed by atoms with Crippen LogP contribution in [0.15, 0.2) is 67.3 Å². The largest absolute Gasteiger partial charge is 0.487 e. The molecule has 0 aromatic heterocycles. The minimum absolute atomic E-state index is 0.168. The number of nitrogens with one attached hydrogen (secondary N) is 2. The van der Waals surface area contributed by atoms with Gasteiger partial charge in [-0.2, -0.15) is 0 Å². The number of thiocarbonyl (C=S) groups is 1. The summed E-state index contributed by atoms with van der Waals surface area (Å²) in [6, 6.07) is 16.9. The van der Waals surface area contributed by atoms with Crippen molar-refractivity contribution in [2.24, 2.45) is 0 Å². The smallest absolute Gasteiger partial charge is 0.230 e. The maximum absolute atomic E-state index is 12.0. The van der Waals surface area contributed by atoms with Crippen LogP contribution in [0.5, 0.6) is 5.75 Å². The van der Waals surface area contributed by atoms with E-state index in [1.54, 1.807) is 6.08 Å². The first-order chi connectivity index (χ1) is 11.2. The fraction of sp³-hybridized carbons (Fsp3) is 0.111. The van der Waals surface area contributed by atoms with Gasteiger partial charge >= 0.3 is 0 Å². The van der Waals surface area contributed by atoms with E-state index in [-0.39, 0.29) is 17.4 Å². The van der Waals surface area contributed by atoms with Crippen molar-refractivity contribution >= 4 is 28.9 Å². The van der Waals surface area contributed by atoms with Gasteiger partial charge in [-0.25, -0.2) is 0 Å². The molecule has 0 aliphatic heterocycles. The highest BCUT2D eigenvalue weighted by molar-refractivity contribution is 7.80. The molecule has 0 unspecified atom stereocenters. The van der Waals surface area contributed by atoms with Gasteiger partial charge in [0.1, 0.15) is 12.4 Å².